The number of unbranched alkanes of at least 4 members (excludes halogenated alkanes) is 1. The molecule has 6 aromatic heterocycles. The number of nitroso groups, excluding NO2 is 1. The number of aromatic amines is 1. The molecule has 0 bridgehead atoms. The molecule has 644 valence electrons. The van der Waals surface area contributed by atoms with Crippen LogP contribution in [0.25, 0.3) is 51.0 Å². The minimum Gasteiger partial charge on any atom is -0.384 e. The second-order valence-electron chi connectivity index (χ2n) is 36.2. The topological polar surface area (TPSA) is 265 Å². The average Bonchev–Trinajstić information content (AvgIpc) is 1.60. The molecule has 9 aromatic carbocycles. The maximum absolute atomic E-state index is 12.6. The van der Waals surface area contributed by atoms with Gasteiger partial charge in [-0.05, 0) is 130 Å². The summed E-state index contributed by atoms with van der Waals surface area (Å²) < 4.78 is 9.31. The number of nitrogen functional groups attached to an aromatic ring is 1. The van der Waals surface area contributed by atoms with Crippen LogP contribution in [0.15, 0.2) is 271 Å². The molecule has 0 fully saturated rings. The van der Waals surface area contributed by atoms with Gasteiger partial charge in [-0.25, -0.2) is 28.4 Å². The Labute approximate surface area is 731 Å². The van der Waals surface area contributed by atoms with Gasteiger partial charge in [-0.15, -0.1) is 9.81 Å². The van der Waals surface area contributed by atoms with Crippen LogP contribution < -0.4 is 21.7 Å². The summed E-state index contributed by atoms with van der Waals surface area (Å²) in [5, 5.41) is 39.2. The normalized spacial score (nSPS) is 11.4. The summed E-state index contributed by atoms with van der Waals surface area (Å²) in [7, 11) is 0. The van der Waals surface area contributed by atoms with Crippen molar-refractivity contribution >= 4 is 46.0 Å². The molecule has 0 radical (unpaired) electrons. The number of H-pyrrole nitrogens is 1. The summed E-state index contributed by atoms with van der Waals surface area (Å²) in [5.41, 5.74) is 27.6. The summed E-state index contributed by atoms with van der Waals surface area (Å²) >= 11 is 0. The van der Waals surface area contributed by atoms with Crippen LogP contribution >= 0.6 is 0 Å². The monoisotopic (exact) mass is 1660 g/mol. The van der Waals surface area contributed by atoms with Gasteiger partial charge in [0.25, 0.3) is 5.91 Å². The van der Waals surface area contributed by atoms with Gasteiger partial charge < -0.3 is 31.5 Å². The number of amides is 1. The van der Waals surface area contributed by atoms with Crippen LogP contribution in [0.3, 0.4) is 0 Å². The Balaban J connectivity index is 0.000000160. The lowest BCUT2D eigenvalue weighted by Crippen LogP contribution is -2.15. The first-order valence-corrected chi connectivity index (χ1v) is 42.2. The molecule has 22 nitrogen and oxygen atoms in total. The van der Waals surface area contributed by atoms with E-state index in [9.17, 15) is 14.6 Å². The van der Waals surface area contributed by atoms with Crippen molar-refractivity contribution < 1.29 is 9.63 Å². The van der Waals surface area contributed by atoms with E-state index < -0.39 is 0 Å². The van der Waals surface area contributed by atoms with Crippen LogP contribution in [-0.2, 0) is 45.0 Å². The zero-order chi connectivity index (χ0) is 89.7. The highest BCUT2D eigenvalue weighted by molar-refractivity contribution is 6.04. The van der Waals surface area contributed by atoms with Crippen molar-refractivity contribution in [1.29, 1.82) is 0 Å². The van der Waals surface area contributed by atoms with E-state index in [-0.39, 0.29) is 33.0 Å². The number of imidazole rings is 1. The van der Waals surface area contributed by atoms with Crippen molar-refractivity contribution in [2.75, 3.05) is 28.3 Å². The number of nitrogens with zero attached hydrogens (tertiary/aromatic N) is 13. The Morgan fingerprint density at radius 3 is 1.20 bits per heavy atom. The highest BCUT2D eigenvalue weighted by atomic mass is 16.7. The number of carbonyl (C=O) groups excluding carboxylic acids is 1. The van der Waals surface area contributed by atoms with Gasteiger partial charge in [0.05, 0.1) is 56.9 Å². The van der Waals surface area contributed by atoms with Crippen LogP contribution in [0.2, 0.25) is 0 Å². The average molecular weight is 1660 g/mol. The van der Waals surface area contributed by atoms with Crippen molar-refractivity contribution in [3.63, 3.8) is 0 Å². The number of hydrogen-bond acceptors (Lipinski definition) is 15. The standard InChI is InChI=1S/C21H24N4O.C21H22N4.C21H23N3O.C21H25N3.C14H19N3.C4H9NO2/c1-15-10-12-17(13-11-15)25-20(22-14-16-8-6-5-7-9-16)18(24-26)19(23-25)21(2,3)4;1-14-10-12-16(13-11-14)25-20-17(18(24-25)21(2,3)4)22-19(23-20)15-8-6-5-7-9-15;1-15-10-12-17(13-11-15)24-19(14-18(23-24)21(2,3)4)22-20(25)16-8-6-5-7-9-16;1-16-10-12-18(13-11-16)24-20(14-19(23-24)21(2,3)4)22-15-17-8-6-5-7-9-17;1-10-5-7-11(8-6-10)17-13(15)9-12(16-17)14(2,3)4;1-2-3-4-7-5-6/h5-13,22H,14H2,1-4H3;5-13H,1-4H3,(H,22,23);5-14H,1-4H3,(H,22,25);5-14,22H,15H2,1-4H3;5-9H,15H2,1-4H3;2-4H2,1H3. The molecule has 6 N–H and O–H groups in total. The third kappa shape index (κ3) is 25.3. The lowest BCUT2D eigenvalue weighted by atomic mass is 9.91. The molecule has 0 aliphatic carbocycles. The molecule has 0 saturated heterocycles. The van der Waals surface area contributed by atoms with Gasteiger partial charge in [0.2, 0.25) is 0 Å². The first-order valence-electron chi connectivity index (χ1n) is 42.2. The fraction of sp³-hybridized carbons (Fsp3) is 0.304. The Bertz CT molecular complexity index is 5890. The van der Waals surface area contributed by atoms with E-state index in [0.29, 0.717) is 47.5 Å². The Morgan fingerprint density at radius 1 is 0.419 bits per heavy atom. The SMILES string of the molecule is CCCCON=O.Cc1ccc(-n2nc(C(C)(C)C)c(N=O)c2NCc2ccccc2)cc1.Cc1ccc(-n2nc(C(C)(C)C)c3[nH]c(-c4ccccc4)nc32)cc1.Cc1ccc(-n2nc(C(C)(C)C)cc2N)cc1.Cc1ccc(-n2nc(C(C)(C)C)cc2NC(=O)c2ccccc2)cc1.Cc1ccc(-n2nc(C(C)(C)C)cc2NCc2ccccc2)cc1. The molecule has 0 aliphatic heterocycles. The molecule has 15 rings (SSSR count). The largest absolute Gasteiger partial charge is 0.384 e. The number of aryl methyl sites for hydroxylation is 5. The molecule has 0 aliphatic rings. The Hall–Kier alpha value is -13.6. The minimum absolute atomic E-state index is 0.0130. The molecule has 1 amide bonds. The van der Waals surface area contributed by atoms with Gasteiger partial charge in [0.15, 0.2) is 22.5 Å². The second-order valence-corrected chi connectivity index (χ2v) is 36.2. The third-order valence-corrected chi connectivity index (χ3v) is 20.1. The van der Waals surface area contributed by atoms with E-state index in [2.05, 4.69) is 248 Å². The van der Waals surface area contributed by atoms with Crippen molar-refractivity contribution in [2.45, 2.75) is 198 Å². The lowest BCUT2D eigenvalue weighted by Gasteiger charge is -2.15. The van der Waals surface area contributed by atoms with E-state index in [1.54, 1.807) is 26.2 Å². The number of aromatic nitrogens is 12. The van der Waals surface area contributed by atoms with Crippen molar-refractivity contribution in [2.24, 2.45) is 10.5 Å². The molecule has 124 heavy (non-hydrogen) atoms. The third-order valence-electron chi connectivity index (χ3n) is 20.1. The number of hydrogen-bond donors (Lipinski definition) is 5. The second kappa shape index (κ2) is 41.3. The van der Waals surface area contributed by atoms with Crippen LogP contribution in [-0.4, -0.2) is 71.4 Å². The molecule has 0 saturated carbocycles. The molecular formula is C102H122N18O4. The summed E-state index contributed by atoms with van der Waals surface area (Å²) in [4.78, 5) is 45.9. The molecule has 6 heterocycles. The predicted molar refractivity (Wildman–Crippen MR) is 509 cm³/mol. The summed E-state index contributed by atoms with van der Waals surface area (Å²) in [6.07, 6.45) is 1.95. The van der Waals surface area contributed by atoms with E-state index in [0.717, 1.165) is 105 Å². The van der Waals surface area contributed by atoms with E-state index in [1.807, 2.05) is 196 Å². The van der Waals surface area contributed by atoms with Gasteiger partial charge in [-0.3, -0.25) is 4.79 Å². The number of carbonyl (C=O) groups is 1. The van der Waals surface area contributed by atoms with Gasteiger partial charge in [0, 0.05) is 69.5 Å². The Kier molecular flexibility index (Phi) is 30.9. The Morgan fingerprint density at radius 2 is 0.790 bits per heavy atom. The molecular weight excluding hydrogens is 1540 g/mol. The van der Waals surface area contributed by atoms with Gasteiger partial charge >= 0.3 is 0 Å². The van der Waals surface area contributed by atoms with E-state index in [4.69, 9.17) is 31.1 Å². The number of nitrogens with one attached hydrogen (secondary N) is 4. The quantitative estimate of drug-likeness (QED) is 0.0287. The highest BCUT2D eigenvalue weighted by Crippen LogP contribution is 2.40. The maximum atomic E-state index is 12.6. The first kappa shape index (κ1) is 92.7. The number of fused-ring (bicyclic) bond motifs is 1. The highest BCUT2D eigenvalue weighted by Gasteiger charge is 2.31. The summed E-state index contributed by atoms with van der Waals surface area (Å²) in [6, 6.07) is 87.1. The van der Waals surface area contributed by atoms with Gasteiger partial charge in [-0.2, -0.15) is 25.5 Å². The predicted octanol–water partition coefficient (Wildman–Crippen LogP) is 24.9. The van der Waals surface area contributed by atoms with E-state index >= 15 is 0 Å². The molecule has 0 atom stereocenters. The fourth-order valence-electron chi connectivity index (χ4n) is 12.8. The molecule has 15 aromatic rings. The van der Waals surface area contributed by atoms with Gasteiger partial charge in [0.1, 0.15) is 35.4 Å². The fourth-order valence-corrected chi connectivity index (χ4v) is 12.8. The summed E-state index contributed by atoms with van der Waals surface area (Å²) in [6.45, 7) is 46.1. The van der Waals surface area contributed by atoms with Crippen LogP contribution in [0.1, 0.15) is 201 Å². The van der Waals surface area contributed by atoms with Crippen molar-refractivity contribution in [3.8, 4) is 39.8 Å². The number of benzene rings is 9. The van der Waals surface area contributed by atoms with Crippen LogP contribution in [0.5, 0.6) is 0 Å². The summed E-state index contributed by atoms with van der Waals surface area (Å²) in [5.74, 6) is 3.72. The van der Waals surface area contributed by atoms with Crippen molar-refractivity contribution in [1.82, 2.24) is 58.9 Å². The zero-order valence-corrected chi connectivity index (χ0v) is 75.9. The van der Waals surface area contributed by atoms with E-state index in [1.165, 1.54) is 33.4 Å². The van der Waals surface area contributed by atoms with Crippen LogP contribution in [0.4, 0.5) is 29.0 Å². The molecule has 0 unspecified atom stereocenters. The minimum atomic E-state index is -0.289. The van der Waals surface area contributed by atoms with Gasteiger partial charge in [-0.1, -0.05) is 315 Å². The lowest BCUT2D eigenvalue weighted by molar-refractivity contribution is 0.102. The smallest absolute Gasteiger partial charge is 0.256 e. The number of anilines is 4. The maximum Gasteiger partial charge on any atom is 0.256 e. The number of rotatable bonds is 19. The molecule has 22 heteroatoms. The first-order chi connectivity index (χ1) is 58.9. The zero-order valence-electron chi connectivity index (χ0n) is 75.9. The van der Waals surface area contributed by atoms with Crippen LogP contribution in [0, 0.1) is 44.4 Å². The number of nitrogens with two attached hydrogens (primary N) is 1. The van der Waals surface area contributed by atoms with Crippen molar-refractivity contribution in [3.05, 3.63) is 344 Å². The molecule has 0 spiro atoms.